The molecule has 0 spiro atoms. The van der Waals surface area contributed by atoms with E-state index < -0.39 is 18.5 Å². The average Bonchev–Trinajstić information content (AvgIpc) is 2.87. The topological polar surface area (TPSA) is 111 Å². The minimum absolute atomic E-state index is 0.0641. The lowest BCUT2D eigenvalue weighted by Crippen LogP contribution is -2.22. The molecule has 8 nitrogen and oxygen atoms in total. The van der Waals surface area contributed by atoms with E-state index in [1.165, 1.54) is 18.6 Å². The first kappa shape index (κ1) is 28.1. The molecule has 2 N–H and O–H groups in total. The molecule has 0 unspecified atom stereocenters. The van der Waals surface area contributed by atoms with Gasteiger partial charge in [0, 0.05) is 23.4 Å². The van der Waals surface area contributed by atoms with Crippen LogP contribution in [-0.4, -0.2) is 30.2 Å². The number of Topliss-reactive ketones (excluding diaryl/α,β-unsaturated/α-hetero) is 1. The maximum atomic E-state index is 12.2. The molecular weight excluding hydrogens is 484 g/mol. The number of carbonyl (C=O) groups excluding carboxylic acids is 4. The lowest BCUT2D eigenvalue weighted by Gasteiger charge is -2.19. The van der Waals surface area contributed by atoms with Crippen molar-refractivity contribution in [3.63, 3.8) is 0 Å². The summed E-state index contributed by atoms with van der Waals surface area (Å²) in [5.74, 6) is -0.367. The fraction of sp³-hybridized carbons (Fsp3) is 0.267. The van der Waals surface area contributed by atoms with Crippen molar-refractivity contribution in [1.82, 2.24) is 0 Å². The van der Waals surface area contributed by atoms with Crippen molar-refractivity contribution in [1.29, 1.82) is 0 Å². The van der Waals surface area contributed by atoms with Crippen molar-refractivity contribution < 1.29 is 28.7 Å². The molecule has 8 heteroatoms. The number of nitrogens with one attached hydrogen (secondary N) is 2. The summed E-state index contributed by atoms with van der Waals surface area (Å²) in [6.07, 6.45) is -0.274. The quantitative estimate of drug-likeness (QED) is 0.257. The number of carbonyl (C=O) groups is 4. The van der Waals surface area contributed by atoms with Crippen molar-refractivity contribution in [2.75, 3.05) is 17.2 Å². The second kappa shape index (κ2) is 12.7. The van der Waals surface area contributed by atoms with Gasteiger partial charge in [0.2, 0.25) is 5.91 Å². The van der Waals surface area contributed by atoms with Crippen LogP contribution in [0, 0.1) is 0 Å². The van der Waals surface area contributed by atoms with Gasteiger partial charge in [-0.2, -0.15) is 0 Å². The number of amides is 2. The van der Waals surface area contributed by atoms with Crippen molar-refractivity contribution >= 4 is 34.9 Å². The van der Waals surface area contributed by atoms with E-state index in [1.807, 2.05) is 24.3 Å². The Morgan fingerprint density at radius 1 is 0.737 bits per heavy atom. The summed E-state index contributed by atoms with van der Waals surface area (Å²) in [7, 11) is 0. The number of ether oxygens (including phenoxy) is 2. The average molecular weight is 517 g/mol. The van der Waals surface area contributed by atoms with E-state index in [0.29, 0.717) is 28.4 Å². The fourth-order valence-corrected chi connectivity index (χ4v) is 3.44. The van der Waals surface area contributed by atoms with Gasteiger partial charge in [0.15, 0.2) is 12.4 Å². The van der Waals surface area contributed by atoms with E-state index in [1.54, 1.807) is 42.5 Å². The molecule has 2 amide bonds. The molecule has 198 valence electrons. The van der Waals surface area contributed by atoms with Crippen LogP contribution in [0.1, 0.15) is 56.5 Å². The molecule has 0 aromatic heterocycles. The van der Waals surface area contributed by atoms with Crippen molar-refractivity contribution in [2.45, 2.75) is 46.0 Å². The highest BCUT2D eigenvalue weighted by atomic mass is 16.5. The first-order chi connectivity index (χ1) is 18.0. The molecule has 0 aliphatic carbocycles. The monoisotopic (exact) mass is 516 g/mol. The standard InChI is InChI=1S/C30H32N2O6/c1-20(33)21-6-5-7-24(18-21)32-28(35)19-37-29(36)17-16-27(34)31-23-10-14-26(15-11-23)38-25-12-8-22(9-13-25)30(2,3)4/h5-15,18H,16-17,19H2,1-4H3,(H,31,34)(H,32,35). The highest BCUT2D eigenvalue weighted by Gasteiger charge is 2.14. The number of hydrogen-bond acceptors (Lipinski definition) is 6. The first-order valence-electron chi connectivity index (χ1n) is 12.2. The van der Waals surface area contributed by atoms with Gasteiger partial charge in [-0.15, -0.1) is 0 Å². The van der Waals surface area contributed by atoms with Crippen LogP contribution in [0.15, 0.2) is 72.8 Å². The zero-order chi connectivity index (χ0) is 27.7. The minimum Gasteiger partial charge on any atom is -0.457 e. The Hall–Kier alpha value is -4.46. The third-order valence-electron chi connectivity index (χ3n) is 5.57. The number of hydrogen-bond donors (Lipinski definition) is 2. The van der Waals surface area contributed by atoms with Gasteiger partial charge in [0.05, 0.1) is 6.42 Å². The van der Waals surface area contributed by atoms with Gasteiger partial charge in [-0.25, -0.2) is 0 Å². The molecule has 38 heavy (non-hydrogen) atoms. The molecule has 3 rings (SSSR count). The Kier molecular flexibility index (Phi) is 9.38. The van der Waals surface area contributed by atoms with Crippen LogP contribution < -0.4 is 15.4 Å². The van der Waals surface area contributed by atoms with Crippen molar-refractivity contribution in [2.24, 2.45) is 0 Å². The molecule has 0 aliphatic heterocycles. The van der Waals surface area contributed by atoms with Crippen LogP contribution >= 0.6 is 0 Å². The Balaban J connectivity index is 1.38. The maximum absolute atomic E-state index is 12.2. The molecule has 0 atom stereocenters. The first-order valence-corrected chi connectivity index (χ1v) is 12.2. The zero-order valence-corrected chi connectivity index (χ0v) is 22.0. The fourth-order valence-electron chi connectivity index (χ4n) is 3.44. The lowest BCUT2D eigenvalue weighted by molar-refractivity contribution is -0.147. The van der Waals surface area contributed by atoms with Crippen LogP contribution in [0.4, 0.5) is 11.4 Å². The molecule has 0 fully saturated rings. The van der Waals surface area contributed by atoms with Gasteiger partial charge in [-0.05, 0) is 66.4 Å². The zero-order valence-electron chi connectivity index (χ0n) is 22.0. The van der Waals surface area contributed by atoms with Crippen LogP contribution in [0.25, 0.3) is 0 Å². The molecule has 0 bridgehead atoms. The Morgan fingerprint density at radius 3 is 1.95 bits per heavy atom. The van der Waals surface area contributed by atoms with Crippen LogP contribution in [0.2, 0.25) is 0 Å². The van der Waals surface area contributed by atoms with E-state index in [-0.39, 0.29) is 29.9 Å². The van der Waals surface area contributed by atoms with Crippen LogP contribution in [0.5, 0.6) is 11.5 Å². The third-order valence-corrected chi connectivity index (χ3v) is 5.57. The van der Waals surface area contributed by atoms with E-state index >= 15 is 0 Å². The molecule has 0 saturated carbocycles. The SMILES string of the molecule is CC(=O)c1cccc(NC(=O)COC(=O)CCC(=O)Nc2ccc(Oc3ccc(C(C)(C)C)cc3)cc2)c1. The summed E-state index contributed by atoms with van der Waals surface area (Å²) < 4.78 is 10.8. The largest absolute Gasteiger partial charge is 0.457 e. The third kappa shape index (κ3) is 8.89. The van der Waals surface area contributed by atoms with E-state index in [9.17, 15) is 19.2 Å². The highest BCUT2D eigenvalue weighted by Crippen LogP contribution is 2.27. The molecule has 0 radical (unpaired) electrons. The Labute approximate surface area is 222 Å². The summed E-state index contributed by atoms with van der Waals surface area (Å²) in [5, 5.41) is 5.28. The molecule has 0 saturated heterocycles. The summed E-state index contributed by atoms with van der Waals surface area (Å²) >= 11 is 0. The smallest absolute Gasteiger partial charge is 0.306 e. The minimum atomic E-state index is -0.672. The maximum Gasteiger partial charge on any atom is 0.306 e. The summed E-state index contributed by atoms with van der Waals surface area (Å²) in [4.78, 5) is 47.6. The van der Waals surface area contributed by atoms with Gasteiger partial charge in [0.25, 0.3) is 5.91 Å². The van der Waals surface area contributed by atoms with E-state index in [0.717, 1.165) is 0 Å². The summed E-state index contributed by atoms with van der Waals surface area (Å²) in [5.41, 5.74) is 2.72. The van der Waals surface area contributed by atoms with Crippen molar-refractivity contribution in [3.05, 3.63) is 83.9 Å². The Morgan fingerprint density at radius 2 is 1.34 bits per heavy atom. The van der Waals surface area contributed by atoms with Gasteiger partial charge in [0.1, 0.15) is 11.5 Å². The second-order valence-electron chi connectivity index (χ2n) is 9.79. The predicted molar refractivity (Wildman–Crippen MR) is 146 cm³/mol. The normalized spacial score (nSPS) is 10.8. The second-order valence-corrected chi connectivity index (χ2v) is 9.79. The van der Waals surface area contributed by atoms with Gasteiger partial charge < -0.3 is 20.1 Å². The number of rotatable bonds is 10. The molecule has 0 aliphatic rings. The van der Waals surface area contributed by atoms with E-state index in [2.05, 4.69) is 31.4 Å². The van der Waals surface area contributed by atoms with Crippen LogP contribution in [-0.2, 0) is 24.5 Å². The number of esters is 1. The van der Waals surface area contributed by atoms with Crippen LogP contribution in [0.3, 0.4) is 0 Å². The lowest BCUT2D eigenvalue weighted by atomic mass is 9.87. The van der Waals surface area contributed by atoms with E-state index in [4.69, 9.17) is 9.47 Å². The molecule has 3 aromatic carbocycles. The number of benzene rings is 3. The summed E-state index contributed by atoms with van der Waals surface area (Å²) in [6.45, 7) is 7.38. The molecule has 3 aromatic rings. The number of anilines is 2. The molecule has 0 heterocycles. The van der Waals surface area contributed by atoms with Gasteiger partial charge in [-0.3, -0.25) is 19.2 Å². The van der Waals surface area contributed by atoms with Gasteiger partial charge >= 0.3 is 5.97 Å². The Bertz CT molecular complexity index is 1290. The highest BCUT2D eigenvalue weighted by molar-refractivity contribution is 5.98. The summed E-state index contributed by atoms with van der Waals surface area (Å²) in [6, 6.07) is 21.3. The predicted octanol–water partition coefficient (Wildman–Crippen LogP) is 5.88. The number of ketones is 1. The molecular formula is C30H32N2O6. The van der Waals surface area contributed by atoms with Gasteiger partial charge in [-0.1, -0.05) is 45.0 Å². The van der Waals surface area contributed by atoms with Crippen molar-refractivity contribution in [3.8, 4) is 11.5 Å².